The van der Waals surface area contributed by atoms with E-state index in [-0.39, 0.29) is 0 Å². The van der Waals surface area contributed by atoms with Gasteiger partial charge in [0.1, 0.15) is 0 Å². The Hall–Kier alpha value is -3.04. The Balaban J connectivity index is 1.80. The minimum absolute atomic E-state index is 0.556. The highest BCUT2D eigenvalue weighted by atomic mass is 15.4. The minimum atomic E-state index is 0.556. The van der Waals surface area contributed by atoms with Crippen molar-refractivity contribution in [3.8, 4) is 0 Å². The topological polar surface area (TPSA) is 50.1 Å². The lowest BCUT2D eigenvalue weighted by Crippen LogP contribution is -2.20. The van der Waals surface area contributed by atoms with E-state index in [0.29, 0.717) is 6.54 Å². The molecule has 126 valence electrons. The van der Waals surface area contributed by atoms with E-state index < -0.39 is 0 Å². The first-order valence-corrected chi connectivity index (χ1v) is 8.46. The predicted molar refractivity (Wildman–Crippen MR) is 106 cm³/mol. The van der Waals surface area contributed by atoms with E-state index in [9.17, 15) is 0 Å². The highest BCUT2D eigenvalue weighted by molar-refractivity contribution is 5.65. The molecule has 0 heterocycles. The van der Waals surface area contributed by atoms with E-state index in [1.165, 1.54) is 11.1 Å². The molecule has 0 aliphatic rings. The standard InChI is InChI=1S/C22H23N3/c23-17-20-12-8-7-9-18(20)15-16-22(19-10-3-1-4-11-19)25-24-21-13-5-2-6-14-21/h1-14,16,24-25H,15,17,23H2/b22-16-. The molecule has 25 heavy (non-hydrogen) atoms. The first-order valence-electron chi connectivity index (χ1n) is 8.46. The molecule has 0 saturated heterocycles. The molecule has 3 aromatic carbocycles. The van der Waals surface area contributed by atoms with Crippen LogP contribution in [0.3, 0.4) is 0 Å². The summed E-state index contributed by atoms with van der Waals surface area (Å²) in [6, 6.07) is 28.7. The molecule has 3 rings (SSSR count). The van der Waals surface area contributed by atoms with Gasteiger partial charge in [0.2, 0.25) is 0 Å². The second-order valence-electron chi connectivity index (χ2n) is 5.78. The van der Waals surface area contributed by atoms with Crippen LogP contribution in [0.15, 0.2) is 91.0 Å². The average Bonchev–Trinajstić information content (AvgIpc) is 2.70. The van der Waals surface area contributed by atoms with Crippen LogP contribution in [-0.2, 0) is 13.0 Å². The van der Waals surface area contributed by atoms with Gasteiger partial charge in [0.25, 0.3) is 0 Å². The van der Waals surface area contributed by atoms with Crippen molar-refractivity contribution >= 4 is 11.4 Å². The molecule has 0 aromatic heterocycles. The van der Waals surface area contributed by atoms with Crippen LogP contribution in [0.4, 0.5) is 5.69 Å². The molecular formula is C22H23N3. The first kappa shape index (κ1) is 16.8. The summed E-state index contributed by atoms with van der Waals surface area (Å²) in [5.74, 6) is 0. The molecule has 0 aliphatic carbocycles. The molecular weight excluding hydrogens is 306 g/mol. The second kappa shape index (κ2) is 8.71. The van der Waals surface area contributed by atoms with Gasteiger partial charge in [-0.25, -0.2) is 0 Å². The summed E-state index contributed by atoms with van der Waals surface area (Å²) in [6.45, 7) is 0.556. The summed E-state index contributed by atoms with van der Waals surface area (Å²) in [6.07, 6.45) is 3.01. The van der Waals surface area contributed by atoms with Gasteiger partial charge in [0, 0.05) is 6.54 Å². The number of anilines is 1. The van der Waals surface area contributed by atoms with Crippen molar-refractivity contribution in [3.05, 3.63) is 108 Å². The normalized spacial score (nSPS) is 11.2. The summed E-state index contributed by atoms with van der Waals surface area (Å²) < 4.78 is 0. The Morgan fingerprint density at radius 1 is 0.760 bits per heavy atom. The van der Waals surface area contributed by atoms with Crippen molar-refractivity contribution in [3.63, 3.8) is 0 Å². The third kappa shape index (κ3) is 4.72. The van der Waals surface area contributed by atoms with Gasteiger partial charge >= 0.3 is 0 Å². The quantitative estimate of drug-likeness (QED) is 0.565. The zero-order valence-electron chi connectivity index (χ0n) is 14.2. The van der Waals surface area contributed by atoms with Gasteiger partial charge in [-0.1, -0.05) is 78.9 Å². The number of para-hydroxylation sites is 1. The summed E-state index contributed by atoms with van der Waals surface area (Å²) >= 11 is 0. The Kier molecular flexibility index (Phi) is 5.86. The van der Waals surface area contributed by atoms with Gasteiger partial charge in [-0.15, -0.1) is 0 Å². The number of allylic oxidation sites excluding steroid dienone is 1. The monoisotopic (exact) mass is 329 g/mol. The highest BCUT2D eigenvalue weighted by Crippen LogP contribution is 2.16. The lowest BCUT2D eigenvalue weighted by atomic mass is 10.0. The maximum absolute atomic E-state index is 5.85. The average molecular weight is 329 g/mol. The Morgan fingerprint density at radius 3 is 2.04 bits per heavy atom. The van der Waals surface area contributed by atoms with E-state index >= 15 is 0 Å². The maximum atomic E-state index is 5.85. The summed E-state index contributed by atoms with van der Waals surface area (Å²) in [4.78, 5) is 0. The van der Waals surface area contributed by atoms with Crippen LogP contribution in [0.1, 0.15) is 16.7 Å². The molecule has 0 unspecified atom stereocenters. The smallest absolute Gasteiger partial charge is 0.0575 e. The number of hydrazine groups is 1. The molecule has 0 radical (unpaired) electrons. The number of hydrogen-bond acceptors (Lipinski definition) is 3. The lowest BCUT2D eigenvalue weighted by Gasteiger charge is -2.14. The number of benzene rings is 3. The lowest BCUT2D eigenvalue weighted by molar-refractivity contribution is 1.02. The number of hydrogen-bond donors (Lipinski definition) is 3. The van der Waals surface area contributed by atoms with Gasteiger partial charge in [-0.2, -0.15) is 0 Å². The molecule has 0 bridgehead atoms. The van der Waals surface area contributed by atoms with Gasteiger partial charge < -0.3 is 16.6 Å². The molecule has 3 nitrogen and oxygen atoms in total. The van der Waals surface area contributed by atoms with Crippen molar-refractivity contribution in [1.82, 2.24) is 5.43 Å². The molecule has 4 N–H and O–H groups in total. The summed E-state index contributed by atoms with van der Waals surface area (Å²) in [5, 5.41) is 0. The summed E-state index contributed by atoms with van der Waals surface area (Å²) in [7, 11) is 0. The molecule has 0 aliphatic heterocycles. The van der Waals surface area contributed by atoms with E-state index in [1.54, 1.807) is 0 Å². The third-order valence-electron chi connectivity index (χ3n) is 4.06. The Labute approximate surface area is 149 Å². The fourth-order valence-electron chi connectivity index (χ4n) is 2.69. The Morgan fingerprint density at radius 2 is 1.36 bits per heavy atom. The number of rotatable bonds is 7. The molecule has 3 aromatic rings. The largest absolute Gasteiger partial charge is 0.326 e. The predicted octanol–water partition coefficient (Wildman–Crippen LogP) is 4.35. The maximum Gasteiger partial charge on any atom is 0.0575 e. The van der Waals surface area contributed by atoms with Crippen LogP contribution in [0.5, 0.6) is 0 Å². The van der Waals surface area contributed by atoms with Crippen molar-refractivity contribution in [2.24, 2.45) is 5.73 Å². The minimum Gasteiger partial charge on any atom is -0.326 e. The van der Waals surface area contributed by atoms with Gasteiger partial charge in [0.05, 0.1) is 11.4 Å². The zero-order valence-corrected chi connectivity index (χ0v) is 14.2. The van der Waals surface area contributed by atoms with Crippen LogP contribution in [0.25, 0.3) is 5.70 Å². The van der Waals surface area contributed by atoms with Crippen molar-refractivity contribution in [2.45, 2.75) is 13.0 Å². The molecule has 3 heteroatoms. The van der Waals surface area contributed by atoms with Crippen molar-refractivity contribution in [1.29, 1.82) is 0 Å². The van der Waals surface area contributed by atoms with Gasteiger partial charge in [-0.3, -0.25) is 0 Å². The van der Waals surface area contributed by atoms with E-state index in [2.05, 4.69) is 47.3 Å². The molecule has 0 fully saturated rings. The zero-order chi connectivity index (χ0) is 17.3. The van der Waals surface area contributed by atoms with Gasteiger partial charge in [0.15, 0.2) is 0 Å². The van der Waals surface area contributed by atoms with Crippen molar-refractivity contribution in [2.75, 3.05) is 5.43 Å². The fraction of sp³-hybridized carbons (Fsp3) is 0.0909. The van der Waals surface area contributed by atoms with Crippen LogP contribution in [0.2, 0.25) is 0 Å². The van der Waals surface area contributed by atoms with Crippen LogP contribution in [-0.4, -0.2) is 0 Å². The Bertz CT molecular complexity index is 811. The second-order valence-corrected chi connectivity index (χ2v) is 5.78. The van der Waals surface area contributed by atoms with Crippen LogP contribution in [0, 0.1) is 0 Å². The molecule has 0 atom stereocenters. The molecule has 0 spiro atoms. The van der Waals surface area contributed by atoms with E-state index in [0.717, 1.165) is 23.4 Å². The fourth-order valence-corrected chi connectivity index (χ4v) is 2.69. The third-order valence-corrected chi connectivity index (χ3v) is 4.06. The van der Waals surface area contributed by atoms with E-state index in [1.807, 2.05) is 54.6 Å². The van der Waals surface area contributed by atoms with Gasteiger partial charge in [-0.05, 0) is 35.2 Å². The van der Waals surface area contributed by atoms with Crippen LogP contribution >= 0.6 is 0 Å². The van der Waals surface area contributed by atoms with E-state index in [4.69, 9.17) is 5.73 Å². The number of nitrogens with two attached hydrogens (primary N) is 1. The molecule has 0 saturated carbocycles. The van der Waals surface area contributed by atoms with Crippen molar-refractivity contribution < 1.29 is 0 Å². The SMILES string of the molecule is NCc1ccccc1C/C=C(\NNc1ccccc1)c1ccccc1. The highest BCUT2D eigenvalue weighted by Gasteiger charge is 2.03. The number of nitrogens with one attached hydrogen (secondary N) is 2. The molecule has 0 amide bonds. The summed E-state index contributed by atoms with van der Waals surface area (Å²) in [5.41, 5.74) is 18.1. The first-order chi connectivity index (χ1) is 12.4. The van der Waals surface area contributed by atoms with Crippen LogP contribution < -0.4 is 16.6 Å².